The van der Waals surface area contributed by atoms with Crippen molar-refractivity contribution in [2.75, 3.05) is 7.05 Å². The highest BCUT2D eigenvalue weighted by molar-refractivity contribution is 5.98. The fourth-order valence-corrected chi connectivity index (χ4v) is 1.42. The van der Waals surface area contributed by atoms with Crippen molar-refractivity contribution in [3.05, 3.63) is 34.9 Å². The predicted molar refractivity (Wildman–Crippen MR) is 64.9 cm³/mol. The Morgan fingerprint density at radius 1 is 1.26 bits per heavy atom. The molecule has 6 heteroatoms. The molecule has 104 valence electrons. The molecule has 0 fully saturated rings. The fraction of sp³-hybridized carbons (Fsp3) is 0.385. The second-order valence-electron chi connectivity index (χ2n) is 4.78. The number of aliphatic carboxylic acids is 1. The molecule has 0 aromatic heterocycles. The van der Waals surface area contributed by atoms with Crippen LogP contribution >= 0.6 is 0 Å². The lowest BCUT2D eigenvalue weighted by atomic mass is 10.0. The van der Waals surface area contributed by atoms with E-state index in [-0.39, 0.29) is 5.56 Å². The van der Waals surface area contributed by atoms with Crippen LogP contribution in [0.25, 0.3) is 0 Å². The Hall–Kier alpha value is -1.98. The number of halogens is 2. The van der Waals surface area contributed by atoms with Gasteiger partial charge in [0.25, 0.3) is 5.91 Å². The third kappa shape index (κ3) is 2.57. The molecule has 1 rings (SSSR count). The number of rotatable bonds is 3. The first-order valence-electron chi connectivity index (χ1n) is 5.56. The zero-order chi connectivity index (χ0) is 15.0. The maximum Gasteiger partial charge on any atom is 0.329 e. The molecule has 0 spiro atoms. The molecule has 0 heterocycles. The standard InChI is InChI=1S/C13H15F2NO3/c1-7-5-6-8(14)9(10(7)15)11(17)16(4)13(2,3)12(18)19/h5-6H,1-4H3,(H,18,19). The number of aryl methyl sites for hydroxylation is 1. The number of hydrogen-bond acceptors (Lipinski definition) is 2. The summed E-state index contributed by atoms with van der Waals surface area (Å²) in [5, 5.41) is 9.02. The van der Waals surface area contributed by atoms with Gasteiger partial charge in [-0.2, -0.15) is 0 Å². The summed E-state index contributed by atoms with van der Waals surface area (Å²) in [6.45, 7) is 3.95. The second-order valence-corrected chi connectivity index (χ2v) is 4.78. The monoisotopic (exact) mass is 271 g/mol. The molecule has 0 unspecified atom stereocenters. The summed E-state index contributed by atoms with van der Waals surface area (Å²) in [6.07, 6.45) is 0. The van der Waals surface area contributed by atoms with Crippen LogP contribution in [0.15, 0.2) is 12.1 Å². The van der Waals surface area contributed by atoms with Gasteiger partial charge in [-0.1, -0.05) is 6.07 Å². The molecule has 0 bridgehead atoms. The number of nitrogens with zero attached hydrogens (tertiary/aromatic N) is 1. The van der Waals surface area contributed by atoms with E-state index in [0.29, 0.717) is 0 Å². The van der Waals surface area contributed by atoms with E-state index in [1.807, 2.05) is 0 Å². The van der Waals surface area contributed by atoms with E-state index >= 15 is 0 Å². The van der Waals surface area contributed by atoms with Crippen molar-refractivity contribution in [2.45, 2.75) is 26.3 Å². The smallest absolute Gasteiger partial charge is 0.329 e. The van der Waals surface area contributed by atoms with Crippen molar-refractivity contribution >= 4 is 11.9 Å². The molecule has 0 saturated carbocycles. The molecule has 19 heavy (non-hydrogen) atoms. The molecule has 0 radical (unpaired) electrons. The van der Waals surface area contributed by atoms with Crippen LogP contribution in [0.3, 0.4) is 0 Å². The summed E-state index contributed by atoms with van der Waals surface area (Å²) >= 11 is 0. The number of amides is 1. The third-order valence-corrected chi connectivity index (χ3v) is 3.16. The summed E-state index contributed by atoms with van der Waals surface area (Å²) < 4.78 is 27.4. The van der Waals surface area contributed by atoms with Gasteiger partial charge in [-0.05, 0) is 32.4 Å². The van der Waals surface area contributed by atoms with Crippen molar-refractivity contribution < 1.29 is 23.5 Å². The molecule has 0 atom stereocenters. The molecular formula is C13H15F2NO3. The minimum atomic E-state index is -1.57. The second kappa shape index (κ2) is 4.95. The topological polar surface area (TPSA) is 57.6 Å². The summed E-state index contributed by atoms with van der Waals surface area (Å²) in [5.41, 5.74) is -2.19. The van der Waals surface area contributed by atoms with Crippen molar-refractivity contribution in [1.82, 2.24) is 4.90 Å². The van der Waals surface area contributed by atoms with Gasteiger partial charge in [0.05, 0.1) is 0 Å². The Morgan fingerprint density at radius 2 is 1.79 bits per heavy atom. The summed E-state index contributed by atoms with van der Waals surface area (Å²) in [4.78, 5) is 23.9. The molecule has 0 aliphatic carbocycles. The van der Waals surface area contributed by atoms with Gasteiger partial charge in [-0.3, -0.25) is 4.79 Å². The highest BCUT2D eigenvalue weighted by atomic mass is 19.1. The van der Waals surface area contributed by atoms with Crippen LogP contribution in [0.4, 0.5) is 8.78 Å². The largest absolute Gasteiger partial charge is 0.480 e. The molecule has 0 aliphatic heterocycles. The van der Waals surface area contributed by atoms with Crippen molar-refractivity contribution in [3.63, 3.8) is 0 Å². The molecule has 1 aromatic carbocycles. The van der Waals surface area contributed by atoms with Crippen LogP contribution in [0, 0.1) is 18.6 Å². The number of hydrogen-bond donors (Lipinski definition) is 1. The number of carbonyl (C=O) groups is 2. The first-order chi connectivity index (χ1) is 8.60. The van der Waals surface area contributed by atoms with E-state index in [1.54, 1.807) is 0 Å². The van der Waals surface area contributed by atoms with E-state index in [0.717, 1.165) is 11.0 Å². The van der Waals surface area contributed by atoms with Gasteiger partial charge < -0.3 is 10.0 Å². The van der Waals surface area contributed by atoms with E-state index < -0.39 is 34.6 Å². The Kier molecular flexibility index (Phi) is 3.93. The number of carboxylic acids is 1. The lowest BCUT2D eigenvalue weighted by Gasteiger charge is -2.31. The Morgan fingerprint density at radius 3 is 2.26 bits per heavy atom. The van der Waals surface area contributed by atoms with Gasteiger partial charge in [0.2, 0.25) is 0 Å². The summed E-state index contributed by atoms with van der Waals surface area (Å²) in [7, 11) is 1.19. The molecule has 1 amide bonds. The van der Waals surface area contributed by atoms with E-state index in [2.05, 4.69) is 0 Å². The highest BCUT2D eigenvalue weighted by Crippen LogP contribution is 2.22. The predicted octanol–water partition coefficient (Wildman–Crippen LogP) is 2.21. The van der Waals surface area contributed by atoms with Crippen LogP contribution in [0.2, 0.25) is 0 Å². The number of likely N-dealkylation sites (N-methyl/N-ethyl adjacent to an activating group) is 1. The Balaban J connectivity index is 3.29. The lowest BCUT2D eigenvalue weighted by molar-refractivity contribution is -0.147. The molecular weight excluding hydrogens is 256 g/mol. The zero-order valence-corrected chi connectivity index (χ0v) is 11.1. The van der Waals surface area contributed by atoms with Gasteiger partial charge in [-0.25, -0.2) is 13.6 Å². The van der Waals surface area contributed by atoms with Crippen molar-refractivity contribution in [1.29, 1.82) is 0 Å². The lowest BCUT2D eigenvalue weighted by Crippen LogP contribution is -2.51. The number of carbonyl (C=O) groups excluding carboxylic acids is 1. The summed E-state index contributed by atoms with van der Waals surface area (Å²) in [6, 6.07) is 2.19. The molecule has 1 N–H and O–H groups in total. The van der Waals surface area contributed by atoms with Crippen molar-refractivity contribution in [3.8, 4) is 0 Å². The normalized spacial score (nSPS) is 11.3. The minimum Gasteiger partial charge on any atom is -0.480 e. The molecule has 0 saturated heterocycles. The van der Waals surface area contributed by atoms with E-state index in [9.17, 15) is 18.4 Å². The Labute approximate surface area is 109 Å². The average molecular weight is 271 g/mol. The van der Waals surface area contributed by atoms with Gasteiger partial charge in [0.15, 0.2) is 0 Å². The molecule has 1 aromatic rings. The first kappa shape index (κ1) is 15.1. The zero-order valence-electron chi connectivity index (χ0n) is 11.1. The number of carboxylic acid groups (broad SMARTS) is 1. The number of benzene rings is 1. The summed E-state index contributed by atoms with van der Waals surface area (Å²) in [5.74, 6) is -4.26. The molecule has 4 nitrogen and oxygen atoms in total. The van der Waals surface area contributed by atoms with Crippen molar-refractivity contribution in [2.24, 2.45) is 0 Å². The minimum absolute atomic E-state index is 0.117. The van der Waals surface area contributed by atoms with Gasteiger partial charge >= 0.3 is 5.97 Å². The van der Waals surface area contributed by atoms with Gasteiger partial charge in [0.1, 0.15) is 22.7 Å². The van der Waals surface area contributed by atoms with E-state index in [1.165, 1.54) is 33.9 Å². The Bertz CT molecular complexity index is 541. The van der Waals surface area contributed by atoms with E-state index in [4.69, 9.17) is 5.11 Å². The van der Waals surface area contributed by atoms with Gasteiger partial charge in [-0.15, -0.1) is 0 Å². The fourth-order valence-electron chi connectivity index (χ4n) is 1.42. The third-order valence-electron chi connectivity index (χ3n) is 3.16. The van der Waals surface area contributed by atoms with Crippen LogP contribution < -0.4 is 0 Å². The SMILES string of the molecule is Cc1ccc(F)c(C(=O)N(C)C(C)(C)C(=O)O)c1F. The van der Waals surface area contributed by atoms with Crippen LogP contribution in [0.5, 0.6) is 0 Å². The van der Waals surface area contributed by atoms with Crippen LogP contribution in [-0.2, 0) is 4.79 Å². The van der Waals surface area contributed by atoms with Gasteiger partial charge in [0, 0.05) is 7.05 Å². The molecule has 0 aliphatic rings. The maximum absolute atomic E-state index is 13.8. The van der Waals surface area contributed by atoms with Crippen LogP contribution in [0.1, 0.15) is 29.8 Å². The maximum atomic E-state index is 13.8. The average Bonchev–Trinajstić information content (AvgIpc) is 2.33. The van der Waals surface area contributed by atoms with Crippen LogP contribution in [-0.4, -0.2) is 34.5 Å². The quantitative estimate of drug-likeness (QED) is 0.917. The first-order valence-corrected chi connectivity index (χ1v) is 5.56. The highest BCUT2D eigenvalue weighted by Gasteiger charge is 2.37.